The molecule has 1 aromatic heterocycles. The maximum absolute atomic E-state index is 12.0. The van der Waals surface area contributed by atoms with Gasteiger partial charge in [0, 0.05) is 11.1 Å². The Morgan fingerprint density at radius 3 is 2.50 bits per heavy atom. The Morgan fingerprint density at radius 2 is 2.00 bits per heavy atom. The van der Waals surface area contributed by atoms with Crippen LogP contribution in [0.5, 0.6) is 0 Å². The molecule has 1 N–H and O–H groups in total. The summed E-state index contributed by atoms with van der Waals surface area (Å²) in [6.07, 6.45) is 1.02. The number of halogens is 1. The molecule has 9 heteroatoms. The average Bonchev–Trinajstić information content (AvgIpc) is 2.81. The summed E-state index contributed by atoms with van der Waals surface area (Å²) in [4.78, 5) is 12.0. The van der Waals surface area contributed by atoms with Gasteiger partial charge in [-0.25, -0.2) is 8.42 Å². The monoisotopic (exact) mass is 343 g/mol. The van der Waals surface area contributed by atoms with Crippen LogP contribution >= 0.6 is 11.6 Å². The van der Waals surface area contributed by atoms with Crippen LogP contribution in [0.3, 0.4) is 0 Å². The Kier molecular flexibility index (Phi) is 4.72. The molecule has 22 heavy (non-hydrogen) atoms. The molecule has 1 amide bonds. The molecule has 7 nitrogen and oxygen atoms in total. The van der Waals surface area contributed by atoms with Crippen molar-refractivity contribution in [3.63, 3.8) is 0 Å². The van der Waals surface area contributed by atoms with E-state index < -0.39 is 15.9 Å². The Hall–Kier alpha value is -2.06. The predicted molar refractivity (Wildman–Crippen MR) is 83.5 cm³/mol. The Bertz CT molecular complexity index is 771. The van der Waals surface area contributed by atoms with Crippen LogP contribution in [0.25, 0.3) is 0 Å². The van der Waals surface area contributed by atoms with Crippen molar-refractivity contribution in [3.8, 4) is 0 Å². The topological polar surface area (TPSA) is 92.5 Å². The summed E-state index contributed by atoms with van der Waals surface area (Å²) < 4.78 is 29.6. The van der Waals surface area contributed by atoms with Gasteiger partial charge in [-0.15, -0.1) is 0 Å². The van der Waals surface area contributed by atoms with E-state index in [1.807, 2.05) is 0 Å². The summed E-state index contributed by atoms with van der Waals surface area (Å²) in [6.45, 7) is 1.30. The Labute approximate surface area is 132 Å². The second-order valence-corrected chi connectivity index (χ2v) is 6.96. The third-order valence-corrected chi connectivity index (χ3v) is 4.09. The number of carbonyl (C=O) groups is 1. The van der Waals surface area contributed by atoms with E-state index >= 15 is 0 Å². The van der Waals surface area contributed by atoms with Gasteiger partial charge in [-0.1, -0.05) is 16.8 Å². The summed E-state index contributed by atoms with van der Waals surface area (Å²) in [6, 6.07) is 7.68. The molecular weight excluding hydrogens is 330 g/mol. The third-order valence-electron chi connectivity index (χ3n) is 2.70. The van der Waals surface area contributed by atoms with Crippen molar-refractivity contribution in [1.82, 2.24) is 5.16 Å². The highest BCUT2D eigenvalue weighted by Gasteiger charge is 2.21. The van der Waals surface area contributed by atoms with Crippen molar-refractivity contribution in [2.24, 2.45) is 0 Å². The molecule has 2 rings (SSSR count). The number of carbonyl (C=O) groups excluding carboxylic acids is 1. The van der Waals surface area contributed by atoms with Crippen LogP contribution in [0.15, 0.2) is 34.9 Å². The molecule has 0 saturated carbocycles. The smallest absolute Gasteiger partial charge is 0.246 e. The van der Waals surface area contributed by atoms with E-state index in [0.29, 0.717) is 16.5 Å². The number of nitrogens with zero attached hydrogens (tertiary/aromatic N) is 2. The van der Waals surface area contributed by atoms with Crippen LogP contribution in [0.4, 0.5) is 11.5 Å². The molecule has 0 saturated heterocycles. The van der Waals surface area contributed by atoms with E-state index in [2.05, 4.69) is 10.5 Å². The van der Waals surface area contributed by atoms with Crippen molar-refractivity contribution >= 4 is 39.0 Å². The van der Waals surface area contributed by atoms with E-state index in [0.717, 1.165) is 10.6 Å². The highest BCUT2D eigenvalue weighted by molar-refractivity contribution is 7.92. The lowest BCUT2D eigenvalue weighted by Crippen LogP contribution is -2.37. The second-order valence-electron chi connectivity index (χ2n) is 4.62. The first-order valence-corrected chi connectivity index (χ1v) is 8.45. The number of aromatic nitrogens is 1. The number of hydrogen-bond donors (Lipinski definition) is 1. The van der Waals surface area contributed by atoms with E-state index in [1.165, 1.54) is 18.2 Å². The minimum Gasteiger partial charge on any atom is -0.360 e. The quantitative estimate of drug-likeness (QED) is 0.896. The van der Waals surface area contributed by atoms with Crippen LogP contribution in [0.2, 0.25) is 5.02 Å². The maximum Gasteiger partial charge on any atom is 0.246 e. The fraction of sp³-hybridized carbons (Fsp3) is 0.231. The van der Waals surface area contributed by atoms with E-state index in [4.69, 9.17) is 16.1 Å². The minimum atomic E-state index is -3.63. The fourth-order valence-corrected chi connectivity index (χ4v) is 2.73. The third kappa shape index (κ3) is 4.22. The van der Waals surface area contributed by atoms with Crippen molar-refractivity contribution in [2.45, 2.75) is 6.92 Å². The lowest BCUT2D eigenvalue weighted by Gasteiger charge is -2.21. The standard InChI is InChI=1S/C13H14ClN3O4S/c1-9-7-12(16-21-9)15-13(18)8-17(22(2,19)20)11-5-3-10(14)4-6-11/h3-7H,8H2,1-2H3,(H,15,16,18). The number of sulfonamides is 1. The fourth-order valence-electron chi connectivity index (χ4n) is 1.75. The normalized spacial score (nSPS) is 11.2. The number of anilines is 2. The number of benzene rings is 1. The van der Waals surface area contributed by atoms with Gasteiger partial charge in [0.15, 0.2) is 5.82 Å². The zero-order valence-corrected chi connectivity index (χ0v) is 13.5. The SMILES string of the molecule is Cc1cc(NC(=O)CN(c2ccc(Cl)cc2)S(C)(=O)=O)no1. The highest BCUT2D eigenvalue weighted by Crippen LogP contribution is 2.20. The van der Waals surface area contributed by atoms with Gasteiger partial charge in [-0.3, -0.25) is 9.10 Å². The summed E-state index contributed by atoms with van der Waals surface area (Å²) >= 11 is 5.78. The number of nitrogens with one attached hydrogen (secondary N) is 1. The van der Waals surface area contributed by atoms with Gasteiger partial charge in [0.2, 0.25) is 15.9 Å². The molecule has 1 aromatic carbocycles. The van der Waals surface area contributed by atoms with Gasteiger partial charge in [-0.2, -0.15) is 0 Å². The number of rotatable bonds is 5. The van der Waals surface area contributed by atoms with Crippen LogP contribution < -0.4 is 9.62 Å². The molecule has 0 aliphatic heterocycles. The van der Waals surface area contributed by atoms with E-state index in [1.54, 1.807) is 19.1 Å². The van der Waals surface area contributed by atoms with Crippen LogP contribution in [-0.2, 0) is 14.8 Å². The van der Waals surface area contributed by atoms with Crippen LogP contribution in [0.1, 0.15) is 5.76 Å². The first kappa shape index (κ1) is 16.3. The van der Waals surface area contributed by atoms with Gasteiger partial charge in [-0.05, 0) is 31.2 Å². The molecule has 118 valence electrons. The minimum absolute atomic E-state index is 0.229. The summed E-state index contributed by atoms with van der Waals surface area (Å²) in [5.41, 5.74) is 0.346. The average molecular weight is 344 g/mol. The summed E-state index contributed by atoms with van der Waals surface area (Å²) in [5, 5.41) is 6.56. The molecule has 0 aliphatic rings. The van der Waals surface area contributed by atoms with Crippen molar-refractivity contribution in [1.29, 1.82) is 0 Å². The van der Waals surface area contributed by atoms with E-state index in [-0.39, 0.29) is 12.4 Å². The van der Waals surface area contributed by atoms with Crippen molar-refractivity contribution in [3.05, 3.63) is 41.1 Å². The lowest BCUT2D eigenvalue weighted by atomic mass is 10.3. The van der Waals surface area contributed by atoms with Crippen molar-refractivity contribution < 1.29 is 17.7 Å². The number of amides is 1. The maximum atomic E-state index is 12.0. The second kappa shape index (κ2) is 6.37. The molecule has 0 radical (unpaired) electrons. The van der Waals surface area contributed by atoms with Gasteiger partial charge in [0.25, 0.3) is 0 Å². The van der Waals surface area contributed by atoms with E-state index in [9.17, 15) is 13.2 Å². The first-order valence-electron chi connectivity index (χ1n) is 6.22. The van der Waals surface area contributed by atoms with Crippen LogP contribution in [-0.4, -0.2) is 32.3 Å². The molecule has 0 spiro atoms. The Balaban J connectivity index is 2.17. The highest BCUT2D eigenvalue weighted by atomic mass is 35.5. The van der Waals surface area contributed by atoms with Gasteiger partial charge >= 0.3 is 0 Å². The van der Waals surface area contributed by atoms with Crippen LogP contribution in [0, 0.1) is 6.92 Å². The molecule has 0 bridgehead atoms. The molecule has 0 unspecified atom stereocenters. The number of aryl methyl sites for hydroxylation is 1. The summed E-state index contributed by atoms with van der Waals surface area (Å²) in [7, 11) is -3.63. The van der Waals surface area contributed by atoms with Gasteiger partial charge < -0.3 is 9.84 Å². The molecular formula is C13H14ClN3O4S. The van der Waals surface area contributed by atoms with Gasteiger partial charge in [0.05, 0.1) is 11.9 Å². The zero-order valence-electron chi connectivity index (χ0n) is 11.9. The summed E-state index contributed by atoms with van der Waals surface area (Å²) in [5.74, 6) is 0.230. The zero-order chi connectivity index (χ0) is 16.3. The number of hydrogen-bond acceptors (Lipinski definition) is 5. The lowest BCUT2D eigenvalue weighted by molar-refractivity contribution is -0.114. The van der Waals surface area contributed by atoms with Gasteiger partial charge in [0.1, 0.15) is 12.3 Å². The largest absolute Gasteiger partial charge is 0.360 e. The molecule has 2 aromatic rings. The molecule has 1 heterocycles. The molecule has 0 atom stereocenters. The molecule has 0 aliphatic carbocycles. The Morgan fingerprint density at radius 1 is 1.36 bits per heavy atom. The van der Waals surface area contributed by atoms with Crippen molar-refractivity contribution in [2.75, 3.05) is 22.4 Å². The first-order chi connectivity index (χ1) is 10.3. The predicted octanol–water partition coefficient (Wildman–Crippen LogP) is 2.04. The molecule has 0 fully saturated rings.